The molecule has 1 N–H and O–H groups in total. The van der Waals surface area contributed by atoms with E-state index in [1.54, 1.807) is 0 Å². The van der Waals surface area contributed by atoms with Crippen molar-refractivity contribution in [2.24, 2.45) is 7.05 Å². The molecule has 0 aliphatic rings. The number of amides is 1. The molecule has 0 saturated heterocycles. The predicted octanol–water partition coefficient (Wildman–Crippen LogP) is 3.80. The molecule has 2 aromatic carbocycles. The summed E-state index contributed by atoms with van der Waals surface area (Å²) < 4.78 is 2.01. The lowest BCUT2D eigenvalue weighted by Gasteiger charge is -2.06. The van der Waals surface area contributed by atoms with Gasteiger partial charge >= 0.3 is 0 Å². The molecule has 3 rings (SSSR count). The summed E-state index contributed by atoms with van der Waals surface area (Å²) in [5, 5.41) is 4.81. The Morgan fingerprint density at radius 2 is 2.05 bits per heavy atom. The quantitative estimate of drug-likeness (QED) is 0.781. The number of fused-ring (bicyclic) bond motifs is 1. The lowest BCUT2D eigenvalue weighted by atomic mass is 10.1. The van der Waals surface area contributed by atoms with E-state index in [-0.39, 0.29) is 5.91 Å². The largest absolute Gasteiger partial charge is 0.352 e. The van der Waals surface area contributed by atoms with Crippen LogP contribution in [0.5, 0.6) is 0 Å². The highest BCUT2D eigenvalue weighted by Crippen LogP contribution is 2.16. The summed E-state index contributed by atoms with van der Waals surface area (Å²) in [5.74, 6) is -0.0508. The molecule has 0 bridgehead atoms. The molecule has 1 amide bonds. The standard InChI is InChI=1S/C18H17ClN2O/c1-21-10-8-14-5-6-15(12-17(14)21)18(22)20-9-7-13-3-2-4-16(19)11-13/h2-6,8,10-12H,7,9H2,1H3,(H,20,22). The maximum atomic E-state index is 12.2. The molecule has 22 heavy (non-hydrogen) atoms. The van der Waals surface area contributed by atoms with E-state index in [1.165, 1.54) is 0 Å². The molecular weight excluding hydrogens is 296 g/mol. The lowest BCUT2D eigenvalue weighted by Crippen LogP contribution is -2.25. The number of aryl methyl sites for hydroxylation is 1. The molecule has 1 aromatic heterocycles. The van der Waals surface area contributed by atoms with Crippen LogP contribution in [0.1, 0.15) is 15.9 Å². The first-order valence-electron chi connectivity index (χ1n) is 7.21. The molecule has 0 unspecified atom stereocenters. The maximum absolute atomic E-state index is 12.2. The Kier molecular flexibility index (Phi) is 4.16. The number of nitrogens with zero attached hydrogens (tertiary/aromatic N) is 1. The fraction of sp³-hybridized carbons (Fsp3) is 0.167. The van der Waals surface area contributed by atoms with Crippen LogP contribution in [-0.4, -0.2) is 17.0 Å². The molecule has 0 saturated carbocycles. The van der Waals surface area contributed by atoms with Crippen molar-refractivity contribution in [3.63, 3.8) is 0 Å². The van der Waals surface area contributed by atoms with Crippen molar-refractivity contribution >= 4 is 28.4 Å². The Labute approximate surface area is 134 Å². The Bertz CT molecular complexity index is 823. The van der Waals surface area contributed by atoms with E-state index < -0.39 is 0 Å². The first-order valence-corrected chi connectivity index (χ1v) is 7.59. The first-order chi connectivity index (χ1) is 10.6. The topological polar surface area (TPSA) is 34.0 Å². The third-order valence-corrected chi connectivity index (χ3v) is 3.97. The molecule has 0 spiro atoms. The van der Waals surface area contributed by atoms with Gasteiger partial charge in [0.15, 0.2) is 0 Å². The van der Waals surface area contributed by atoms with Crippen LogP contribution in [0.15, 0.2) is 54.7 Å². The van der Waals surface area contributed by atoms with Crippen LogP contribution in [0.4, 0.5) is 0 Å². The van der Waals surface area contributed by atoms with Crippen molar-refractivity contribution in [3.05, 3.63) is 70.9 Å². The van der Waals surface area contributed by atoms with Crippen molar-refractivity contribution < 1.29 is 4.79 Å². The van der Waals surface area contributed by atoms with E-state index in [0.717, 1.165) is 27.9 Å². The number of hydrogen-bond acceptors (Lipinski definition) is 1. The molecule has 3 nitrogen and oxygen atoms in total. The van der Waals surface area contributed by atoms with E-state index in [1.807, 2.05) is 66.3 Å². The number of benzene rings is 2. The summed E-state index contributed by atoms with van der Waals surface area (Å²) in [4.78, 5) is 12.2. The third kappa shape index (κ3) is 3.15. The van der Waals surface area contributed by atoms with Crippen molar-refractivity contribution in [1.82, 2.24) is 9.88 Å². The Morgan fingerprint density at radius 3 is 2.86 bits per heavy atom. The van der Waals surface area contributed by atoms with Crippen LogP contribution >= 0.6 is 11.6 Å². The van der Waals surface area contributed by atoms with E-state index in [0.29, 0.717) is 12.1 Å². The number of rotatable bonds is 4. The summed E-state index contributed by atoms with van der Waals surface area (Å²) in [6.07, 6.45) is 2.75. The summed E-state index contributed by atoms with van der Waals surface area (Å²) in [6, 6.07) is 15.5. The minimum Gasteiger partial charge on any atom is -0.352 e. The fourth-order valence-corrected chi connectivity index (χ4v) is 2.73. The Hall–Kier alpha value is -2.26. The molecule has 4 heteroatoms. The highest BCUT2D eigenvalue weighted by Gasteiger charge is 2.07. The van der Waals surface area contributed by atoms with Gasteiger partial charge in [0.05, 0.1) is 0 Å². The van der Waals surface area contributed by atoms with Gasteiger partial charge in [-0.15, -0.1) is 0 Å². The maximum Gasteiger partial charge on any atom is 0.251 e. The van der Waals surface area contributed by atoms with Gasteiger partial charge in [-0.05, 0) is 47.7 Å². The minimum atomic E-state index is -0.0508. The Balaban J connectivity index is 1.64. The van der Waals surface area contributed by atoms with E-state index in [4.69, 9.17) is 11.6 Å². The average molecular weight is 313 g/mol. The van der Waals surface area contributed by atoms with E-state index >= 15 is 0 Å². The zero-order chi connectivity index (χ0) is 15.5. The molecular formula is C18H17ClN2O. The van der Waals surface area contributed by atoms with Crippen molar-refractivity contribution in [1.29, 1.82) is 0 Å². The molecule has 1 heterocycles. The van der Waals surface area contributed by atoms with Crippen LogP contribution in [0.3, 0.4) is 0 Å². The average Bonchev–Trinajstić information content (AvgIpc) is 2.88. The van der Waals surface area contributed by atoms with Crippen LogP contribution in [0, 0.1) is 0 Å². The van der Waals surface area contributed by atoms with Crippen LogP contribution in [-0.2, 0) is 13.5 Å². The number of carbonyl (C=O) groups is 1. The minimum absolute atomic E-state index is 0.0508. The second kappa shape index (κ2) is 6.24. The number of halogens is 1. The summed E-state index contributed by atoms with van der Waals surface area (Å²) in [7, 11) is 1.98. The highest BCUT2D eigenvalue weighted by molar-refractivity contribution is 6.30. The first kappa shape index (κ1) is 14.7. The van der Waals surface area contributed by atoms with Gasteiger partial charge in [0.2, 0.25) is 0 Å². The number of hydrogen-bond donors (Lipinski definition) is 1. The molecule has 0 atom stereocenters. The summed E-state index contributed by atoms with van der Waals surface area (Å²) in [6.45, 7) is 0.588. The molecule has 0 aliphatic carbocycles. The van der Waals surface area contributed by atoms with Crippen molar-refractivity contribution in [2.75, 3.05) is 6.54 Å². The molecule has 0 aliphatic heterocycles. The monoisotopic (exact) mass is 312 g/mol. The van der Waals surface area contributed by atoms with Gasteiger partial charge < -0.3 is 9.88 Å². The molecule has 0 fully saturated rings. The summed E-state index contributed by atoms with van der Waals surface area (Å²) in [5.41, 5.74) is 2.86. The van der Waals surface area contributed by atoms with Crippen LogP contribution in [0.2, 0.25) is 5.02 Å². The zero-order valence-corrected chi connectivity index (χ0v) is 13.1. The van der Waals surface area contributed by atoms with Gasteiger partial charge in [0, 0.05) is 35.9 Å². The number of aromatic nitrogens is 1. The van der Waals surface area contributed by atoms with E-state index in [9.17, 15) is 4.79 Å². The van der Waals surface area contributed by atoms with E-state index in [2.05, 4.69) is 5.32 Å². The highest BCUT2D eigenvalue weighted by atomic mass is 35.5. The predicted molar refractivity (Wildman–Crippen MR) is 90.4 cm³/mol. The summed E-state index contributed by atoms with van der Waals surface area (Å²) >= 11 is 5.95. The zero-order valence-electron chi connectivity index (χ0n) is 12.3. The van der Waals surface area contributed by atoms with Gasteiger partial charge in [-0.25, -0.2) is 0 Å². The molecule has 3 aromatic rings. The van der Waals surface area contributed by atoms with Gasteiger partial charge in [-0.2, -0.15) is 0 Å². The second-order valence-electron chi connectivity index (χ2n) is 5.34. The van der Waals surface area contributed by atoms with Gasteiger partial charge in [-0.3, -0.25) is 4.79 Å². The number of nitrogens with one attached hydrogen (secondary N) is 1. The molecule has 112 valence electrons. The van der Waals surface area contributed by atoms with Gasteiger partial charge in [0.25, 0.3) is 5.91 Å². The number of carbonyl (C=O) groups excluding carboxylic acids is 1. The Morgan fingerprint density at radius 1 is 1.18 bits per heavy atom. The fourth-order valence-electron chi connectivity index (χ4n) is 2.52. The lowest BCUT2D eigenvalue weighted by molar-refractivity contribution is 0.0954. The second-order valence-corrected chi connectivity index (χ2v) is 5.77. The third-order valence-electron chi connectivity index (χ3n) is 3.74. The van der Waals surface area contributed by atoms with Crippen molar-refractivity contribution in [3.8, 4) is 0 Å². The van der Waals surface area contributed by atoms with Crippen molar-refractivity contribution in [2.45, 2.75) is 6.42 Å². The van der Waals surface area contributed by atoms with Gasteiger partial charge in [0.1, 0.15) is 0 Å². The van der Waals surface area contributed by atoms with Crippen LogP contribution in [0.25, 0.3) is 10.9 Å². The molecule has 0 radical (unpaired) electrons. The normalized spacial score (nSPS) is 10.8. The van der Waals surface area contributed by atoms with Crippen LogP contribution < -0.4 is 5.32 Å². The smallest absolute Gasteiger partial charge is 0.251 e. The van der Waals surface area contributed by atoms with Gasteiger partial charge in [-0.1, -0.05) is 29.8 Å². The SMILES string of the molecule is Cn1ccc2ccc(C(=O)NCCc3cccc(Cl)c3)cc21.